The average Bonchev–Trinajstić information content (AvgIpc) is 2.81. The first-order valence-corrected chi connectivity index (χ1v) is 4.96. The highest BCUT2D eigenvalue weighted by Gasteiger charge is 2.36. The van der Waals surface area contributed by atoms with Crippen LogP contribution in [0.5, 0.6) is 0 Å². The van der Waals surface area contributed by atoms with E-state index < -0.39 is 5.97 Å². The van der Waals surface area contributed by atoms with Crippen molar-refractivity contribution in [1.29, 1.82) is 0 Å². The quantitative estimate of drug-likeness (QED) is 0.783. The average molecular weight is 223 g/mol. The van der Waals surface area contributed by atoms with Gasteiger partial charge in [-0.15, -0.1) is 0 Å². The van der Waals surface area contributed by atoms with Crippen LogP contribution in [0.25, 0.3) is 0 Å². The highest BCUT2D eigenvalue weighted by Crippen LogP contribution is 2.27. The smallest absolute Gasteiger partial charge is 0.323 e. The predicted molar refractivity (Wildman–Crippen MR) is 55.9 cm³/mol. The molecule has 0 aliphatic carbocycles. The first-order valence-electron chi connectivity index (χ1n) is 4.96. The van der Waals surface area contributed by atoms with Crippen LogP contribution in [0.15, 0.2) is 18.5 Å². The molecule has 1 fully saturated rings. The lowest BCUT2D eigenvalue weighted by atomic mass is 10.1. The van der Waals surface area contributed by atoms with Gasteiger partial charge < -0.3 is 19.9 Å². The number of amides is 2. The van der Waals surface area contributed by atoms with E-state index >= 15 is 0 Å². The number of urea groups is 1. The molecule has 2 rings (SSSR count). The Labute approximate surface area is 92.5 Å². The maximum absolute atomic E-state index is 11.7. The van der Waals surface area contributed by atoms with Crippen molar-refractivity contribution in [3.05, 3.63) is 24.0 Å². The number of nitrogens with zero attached hydrogens (tertiary/aromatic N) is 2. The van der Waals surface area contributed by atoms with Crippen molar-refractivity contribution in [2.75, 3.05) is 20.1 Å². The first kappa shape index (κ1) is 10.5. The van der Waals surface area contributed by atoms with Crippen molar-refractivity contribution in [3.8, 4) is 0 Å². The van der Waals surface area contributed by atoms with Crippen LogP contribution < -0.4 is 0 Å². The van der Waals surface area contributed by atoms with Gasteiger partial charge in [-0.2, -0.15) is 0 Å². The van der Waals surface area contributed by atoms with E-state index in [1.54, 1.807) is 18.1 Å². The van der Waals surface area contributed by atoms with Gasteiger partial charge >= 0.3 is 12.0 Å². The molecule has 1 unspecified atom stereocenters. The molecule has 6 heteroatoms. The summed E-state index contributed by atoms with van der Waals surface area (Å²) in [5, 5.41) is 8.68. The number of aromatic nitrogens is 1. The van der Waals surface area contributed by atoms with Gasteiger partial charge in [0.2, 0.25) is 0 Å². The molecule has 0 aromatic carbocycles. The summed E-state index contributed by atoms with van der Waals surface area (Å²) in [6, 6.07) is 1.57. The Hall–Kier alpha value is -1.98. The van der Waals surface area contributed by atoms with E-state index in [9.17, 15) is 9.59 Å². The van der Waals surface area contributed by atoms with Crippen molar-refractivity contribution in [2.24, 2.45) is 0 Å². The molecule has 2 heterocycles. The minimum absolute atomic E-state index is 0.0712. The fourth-order valence-electron chi connectivity index (χ4n) is 1.93. The highest BCUT2D eigenvalue weighted by molar-refractivity contribution is 5.82. The van der Waals surface area contributed by atoms with E-state index in [2.05, 4.69) is 4.98 Å². The molecule has 16 heavy (non-hydrogen) atoms. The molecule has 2 N–H and O–H groups in total. The molecule has 1 atom stereocenters. The van der Waals surface area contributed by atoms with E-state index in [1.165, 1.54) is 4.90 Å². The summed E-state index contributed by atoms with van der Waals surface area (Å²) in [6.45, 7) is 0.170. The van der Waals surface area contributed by atoms with Crippen molar-refractivity contribution < 1.29 is 14.7 Å². The van der Waals surface area contributed by atoms with Gasteiger partial charge in [0.15, 0.2) is 0 Å². The number of carbonyl (C=O) groups excluding carboxylic acids is 1. The third kappa shape index (κ3) is 1.73. The summed E-state index contributed by atoms with van der Waals surface area (Å²) in [5.41, 5.74) is 0.990. The SMILES string of the molecule is CN1C(=O)N(CC(=O)O)CC1c1cc[nH]c1. The maximum atomic E-state index is 11.7. The van der Waals surface area contributed by atoms with Gasteiger partial charge in [0.25, 0.3) is 0 Å². The number of aliphatic carboxylic acids is 1. The molecule has 1 aromatic rings. The van der Waals surface area contributed by atoms with Gasteiger partial charge in [-0.3, -0.25) is 4.79 Å². The standard InChI is InChI=1S/C10H13N3O3/c1-12-8(7-2-3-11-4-7)5-13(10(12)16)6-9(14)15/h2-4,8,11H,5-6H2,1H3,(H,14,15). The van der Waals surface area contributed by atoms with Gasteiger partial charge in [-0.25, -0.2) is 4.79 Å². The van der Waals surface area contributed by atoms with Crippen LogP contribution in [-0.2, 0) is 4.79 Å². The van der Waals surface area contributed by atoms with Crippen LogP contribution in [-0.4, -0.2) is 52.0 Å². The molecule has 6 nitrogen and oxygen atoms in total. The molecule has 0 bridgehead atoms. The van der Waals surface area contributed by atoms with E-state index in [4.69, 9.17) is 5.11 Å². The molecule has 2 amide bonds. The van der Waals surface area contributed by atoms with Crippen LogP contribution in [0, 0.1) is 0 Å². The Morgan fingerprint density at radius 3 is 3.00 bits per heavy atom. The van der Waals surface area contributed by atoms with Crippen LogP contribution in [0.4, 0.5) is 4.79 Å². The lowest BCUT2D eigenvalue weighted by Gasteiger charge is -2.16. The van der Waals surface area contributed by atoms with Crippen molar-refractivity contribution in [3.63, 3.8) is 0 Å². The zero-order valence-electron chi connectivity index (χ0n) is 8.88. The van der Waals surface area contributed by atoms with Gasteiger partial charge in [0, 0.05) is 26.0 Å². The van der Waals surface area contributed by atoms with Crippen molar-refractivity contribution in [1.82, 2.24) is 14.8 Å². The molecule has 1 aliphatic rings. The number of hydrogen-bond acceptors (Lipinski definition) is 2. The summed E-state index contributed by atoms with van der Waals surface area (Å²) >= 11 is 0. The number of carbonyl (C=O) groups is 2. The lowest BCUT2D eigenvalue weighted by Crippen LogP contribution is -2.33. The zero-order valence-corrected chi connectivity index (χ0v) is 8.88. The van der Waals surface area contributed by atoms with Gasteiger partial charge in [0.1, 0.15) is 6.54 Å². The summed E-state index contributed by atoms with van der Waals surface area (Å²) in [4.78, 5) is 28.1. The second kappa shape index (κ2) is 3.88. The van der Waals surface area contributed by atoms with Crippen LogP contribution >= 0.6 is 0 Å². The van der Waals surface area contributed by atoms with Gasteiger partial charge in [-0.05, 0) is 11.6 Å². The van der Waals surface area contributed by atoms with E-state index in [0.29, 0.717) is 6.54 Å². The van der Waals surface area contributed by atoms with E-state index in [1.807, 2.05) is 12.3 Å². The van der Waals surface area contributed by atoms with E-state index in [0.717, 1.165) is 5.56 Å². The largest absolute Gasteiger partial charge is 0.480 e. The molecule has 1 aliphatic heterocycles. The Morgan fingerprint density at radius 1 is 1.69 bits per heavy atom. The number of H-pyrrole nitrogens is 1. The molecule has 0 saturated carbocycles. The molecule has 0 radical (unpaired) electrons. The number of likely N-dealkylation sites (N-methyl/N-ethyl adjacent to an activating group) is 1. The topological polar surface area (TPSA) is 76.6 Å². The molecule has 1 saturated heterocycles. The Kier molecular flexibility index (Phi) is 2.55. The number of carboxylic acids is 1. The monoisotopic (exact) mass is 223 g/mol. The fourth-order valence-corrected chi connectivity index (χ4v) is 1.93. The third-order valence-electron chi connectivity index (χ3n) is 2.77. The Morgan fingerprint density at radius 2 is 2.44 bits per heavy atom. The summed E-state index contributed by atoms with van der Waals surface area (Å²) in [5.74, 6) is -0.989. The lowest BCUT2D eigenvalue weighted by molar-refractivity contribution is -0.137. The minimum Gasteiger partial charge on any atom is -0.480 e. The number of aromatic amines is 1. The summed E-state index contributed by atoms with van der Waals surface area (Å²) in [7, 11) is 1.68. The first-order chi connectivity index (χ1) is 7.59. The summed E-state index contributed by atoms with van der Waals surface area (Å²) < 4.78 is 0. The molecule has 1 aromatic heterocycles. The zero-order chi connectivity index (χ0) is 11.7. The third-order valence-corrected chi connectivity index (χ3v) is 2.77. The number of hydrogen-bond donors (Lipinski definition) is 2. The number of nitrogens with one attached hydrogen (secondary N) is 1. The van der Waals surface area contributed by atoms with Crippen LogP contribution in [0.1, 0.15) is 11.6 Å². The maximum Gasteiger partial charge on any atom is 0.323 e. The second-order valence-corrected chi connectivity index (χ2v) is 3.83. The molecular formula is C10H13N3O3. The van der Waals surface area contributed by atoms with Crippen LogP contribution in [0.3, 0.4) is 0 Å². The highest BCUT2D eigenvalue weighted by atomic mass is 16.4. The molecule has 0 spiro atoms. The van der Waals surface area contributed by atoms with Gasteiger partial charge in [0.05, 0.1) is 6.04 Å². The predicted octanol–water partition coefficient (Wildman–Crippen LogP) is 0.508. The fraction of sp³-hybridized carbons (Fsp3) is 0.400. The van der Waals surface area contributed by atoms with Gasteiger partial charge in [-0.1, -0.05) is 0 Å². The van der Waals surface area contributed by atoms with Crippen molar-refractivity contribution in [2.45, 2.75) is 6.04 Å². The second-order valence-electron chi connectivity index (χ2n) is 3.83. The van der Waals surface area contributed by atoms with Crippen molar-refractivity contribution >= 4 is 12.0 Å². The Bertz CT molecular complexity index is 401. The number of rotatable bonds is 3. The molecule has 86 valence electrons. The minimum atomic E-state index is -0.989. The normalized spacial score (nSPS) is 20.6. The van der Waals surface area contributed by atoms with E-state index in [-0.39, 0.29) is 18.6 Å². The Balaban J connectivity index is 2.14. The molecular weight excluding hydrogens is 210 g/mol. The summed E-state index contributed by atoms with van der Waals surface area (Å²) in [6.07, 6.45) is 3.60. The van der Waals surface area contributed by atoms with Crippen LogP contribution in [0.2, 0.25) is 0 Å². The number of carboxylic acid groups (broad SMARTS) is 1.